The molecule has 0 aromatic heterocycles. The fourth-order valence-corrected chi connectivity index (χ4v) is 3.12. The number of ketones is 1. The third kappa shape index (κ3) is 5.38. The van der Waals surface area contributed by atoms with Gasteiger partial charge in [0.1, 0.15) is 11.6 Å². The van der Waals surface area contributed by atoms with E-state index in [0.717, 1.165) is 0 Å². The standard InChI is InChI=1S/C16H11BrClF2NOS.K.H/c1-8(22)14(10-6-5-9(19)7-11(10)17)16(23)21-15-12(18)3-2-4-13(15)20;;/h2-7,21,23H,1H3;;. The zero-order valence-corrected chi connectivity index (χ0v) is 15.1. The van der Waals surface area contributed by atoms with Gasteiger partial charge in [-0.1, -0.05) is 39.7 Å². The third-order valence-electron chi connectivity index (χ3n) is 3.00. The van der Waals surface area contributed by atoms with Gasteiger partial charge < -0.3 is 5.32 Å². The van der Waals surface area contributed by atoms with E-state index in [-0.39, 0.29) is 78.5 Å². The number of hydrogen-bond acceptors (Lipinski definition) is 3. The Hall–Kier alpha value is 0.266. The van der Waals surface area contributed by atoms with Crippen LogP contribution in [0.4, 0.5) is 14.5 Å². The molecule has 0 saturated heterocycles. The summed E-state index contributed by atoms with van der Waals surface area (Å²) in [5.74, 6) is -1.35. The number of thiol groups is 1. The Bertz CT molecular complexity index is 796. The Morgan fingerprint density at radius 3 is 2.46 bits per heavy atom. The van der Waals surface area contributed by atoms with Crippen LogP contribution in [0.5, 0.6) is 0 Å². The van der Waals surface area contributed by atoms with Gasteiger partial charge in [-0.25, -0.2) is 8.78 Å². The van der Waals surface area contributed by atoms with Gasteiger partial charge in [-0.05, 0) is 31.2 Å². The monoisotopic (exact) mass is 457 g/mol. The molecule has 122 valence electrons. The summed E-state index contributed by atoms with van der Waals surface area (Å²) in [4.78, 5) is 12.0. The van der Waals surface area contributed by atoms with Crippen LogP contribution in [0, 0.1) is 11.6 Å². The summed E-state index contributed by atoms with van der Waals surface area (Å²) in [7, 11) is 0. The van der Waals surface area contributed by atoms with Gasteiger partial charge in [0.25, 0.3) is 0 Å². The van der Waals surface area contributed by atoms with Crippen molar-refractivity contribution in [3.05, 3.63) is 68.1 Å². The number of benzene rings is 2. The molecular weight excluding hydrogens is 447 g/mol. The van der Waals surface area contributed by atoms with Crippen molar-refractivity contribution in [2.75, 3.05) is 5.32 Å². The van der Waals surface area contributed by atoms with Crippen LogP contribution >= 0.6 is 40.2 Å². The number of carbonyl (C=O) groups is 1. The summed E-state index contributed by atoms with van der Waals surface area (Å²) in [6.07, 6.45) is 0. The molecule has 8 heteroatoms. The van der Waals surface area contributed by atoms with Crippen LogP contribution in [0.2, 0.25) is 5.02 Å². The van der Waals surface area contributed by atoms with E-state index in [9.17, 15) is 13.6 Å². The summed E-state index contributed by atoms with van der Waals surface area (Å²) in [6, 6.07) is 8.10. The van der Waals surface area contributed by atoms with Crippen molar-refractivity contribution in [3.63, 3.8) is 0 Å². The first-order valence-electron chi connectivity index (χ1n) is 6.42. The molecule has 2 nitrogen and oxygen atoms in total. The van der Waals surface area contributed by atoms with Gasteiger partial charge in [-0.3, -0.25) is 4.79 Å². The van der Waals surface area contributed by atoms with Gasteiger partial charge in [0, 0.05) is 10.0 Å². The molecule has 0 unspecified atom stereocenters. The number of rotatable bonds is 4. The minimum absolute atomic E-state index is 0. The quantitative estimate of drug-likeness (QED) is 0.382. The molecular formula is C16H12BrClF2KNOS. The first-order valence-corrected chi connectivity index (χ1v) is 8.03. The number of Topliss-reactive ketones (excluding diaryl/α,β-unsaturated/α-hetero) is 1. The van der Waals surface area contributed by atoms with Crippen molar-refractivity contribution < 1.29 is 13.6 Å². The van der Waals surface area contributed by atoms with Crippen molar-refractivity contribution in [1.29, 1.82) is 0 Å². The van der Waals surface area contributed by atoms with Crippen molar-refractivity contribution >= 4 is 109 Å². The predicted molar refractivity (Wildman–Crippen MR) is 103 cm³/mol. The molecule has 0 heterocycles. The van der Waals surface area contributed by atoms with E-state index in [4.69, 9.17) is 11.6 Å². The molecule has 2 rings (SSSR count). The fraction of sp³-hybridized carbons (Fsp3) is 0.0625. The van der Waals surface area contributed by atoms with Crippen molar-refractivity contribution in [3.8, 4) is 0 Å². The SMILES string of the molecule is CC(=O)C(=C(S)Nc1c(F)cccc1Cl)c1ccc(F)cc1Br.[KH]. The molecule has 0 radical (unpaired) electrons. The molecule has 2 aromatic carbocycles. The molecule has 0 aliphatic carbocycles. The molecule has 0 saturated carbocycles. The van der Waals surface area contributed by atoms with Crippen LogP contribution in [0.1, 0.15) is 12.5 Å². The van der Waals surface area contributed by atoms with Crippen LogP contribution in [0.25, 0.3) is 5.57 Å². The first-order chi connectivity index (χ1) is 10.8. The minimum atomic E-state index is -0.579. The number of nitrogens with one attached hydrogen (secondary N) is 1. The van der Waals surface area contributed by atoms with Crippen molar-refractivity contribution in [1.82, 2.24) is 0 Å². The number of halogens is 4. The number of para-hydroxylation sites is 1. The Morgan fingerprint density at radius 1 is 1.25 bits per heavy atom. The van der Waals surface area contributed by atoms with Crippen LogP contribution < -0.4 is 5.32 Å². The summed E-state index contributed by atoms with van der Waals surface area (Å²) < 4.78 is 27.5. The molecule has 1 N–H and O–H groups in total. The first kappa shape index (κ1) is 22.3. The Balaban J connectivity index is 0.00000288. The van der Waals surface area contributed by atoms with E-state index in [1.54, 1.807) is 0 Å². The van der Waals surface area contributed by atoms with E-state index >= 15 is 0 Å². The molecule has 0 fully saturated rings. The summed E-state index contributed by atoms with van der Waals surface area (Å²) in [6.45, 7) is 1.34. The zero-order chi connectivity index (χ0) is 17.1. The van der Waals surface area contributed by atoms with Gasteiger partial charge in [0.2, 0.25) is 0 Å². The third-order valence-corrected chi connectivity index (χ3v) is 4.30. The molecule has 0 bridgehead atoms. The van der Waals surface area contributed by atoms with Gasteiger partial charge in [0.05, 0.1) is 21.3 Å². The van der Waals surface area contributed by atoms with E-state index in [1.807, 2.05) is 0 Å². The fourth-order valence-electron chi connectivity index (χ4n) is 1.97. The zero-order valence-electron chi connectivity index (χ0n) is 11.8. The van der Waals surface area contributed by atoms with Gasteiger partial charge in [-0.2, -0.15) is 0 Å². The summed E-state index contributed by atoms with van der Waals surface area (Å²) in [5.41, 5.74) is 0.625. The summed E-state index contributed by atoms with van der Waals surface area (Å²) >= 11 is 13.4. The van der Waals surface area contributed by atoms with Crippen molar-refractivity contribution in [2.24, 2.45) is 0 Å². The second kappa shape index (κ2) is 9.82. The van der Waals surface area contributed by atoms with Crippen LogP contribution in [-0.4, -0.2) is 57.2 Å². The normalized spacial score (nSPS) is 11.4. The maximum atomic E-state index is 13.9. The maximum absolute atomic E-state index is 13.9. The molecule has 2 aromatic rings. The van der Waals surface area contributed by atoms with E-state index < -0.39 is 11.6 Å². The number of anilines is 1. The average molecular weight is 459 g/mol. The molecule has 0 spiro atoms. The van der Waals surface area contributed by atoms with Gasteiger partial charge in [0.15, 0.2) is 5.78 Å². The molecule has 0 amide bonds. The van der Waals surface area contributed by atoms with Crippen LogP contribution in [0.3, 0.4) is 0 Å². The van der Waals surface area contributed by atoms with Gasteiger partial charge in [-0.15, -0.1) is 12.6 Å². The topological polar surface area (TPSA) is 29.1 Å². The molecule has 0 atom stereocenters. The van der Waals surface area contributed by atoms with Crippen molar-refractivity contribution in [2.45, 2.75) is 6.92 Å². The second-order valence-electron chi connectivity index (χ2n) is 4.63. The second-order valence-corrected chi connectivity index (χ2v) is 6.33. The van der Waals surface area contributed by atoms with Crippen LogP contribution in [0.15, 0.2) is 45.9 Å². The predicted octanol–water partition coefficient (Wildman–Crippen LogP) is 5.03. The summed E-state index contributed by atoms with van der Waals surface area (Å²) in [5, 5.41) is 2.96. The molecule has 0 aliphatic heterocycles. The Kier molecular flexibility index (Phi) is 9.13. The number of carbonyl (C=O) groups excluding carboxylic acids is 1. The average Bonchev–Trinajstić information content (AvgIpc) is 2.45. The number of allylic oxidation sites excluding steroid dienone is 1. The number of hydrogen-bond donors (Lipinski definition) is 2. The van der Waals surface area contributed by atoms with Gasteiger partial charge >= 0.3 is 51.4 Å². The molecule has 24 heavy (non-hydrogen) atoms. The van der Waals surface area contributed by atoms with E-state index in [0.29, 0.717) is 10.0 Å². The Morgan fingerprint density at radius 2 is 1.92 bits per heavy atom. The van der Waals surface area contributed by atoms with E-state index in [2.05, 4.69) is 33.9 Å². The molecule has 0 aliphatic rings. The van der Waals surface area contributed by atoms with Crippen LogP contribution in [-0.2, 0) is 4.79 Å². The van der Waals surface area contributed by atoms with E-state index in [1.165, 1.54) is 43.3 Å². The Labute approximate surface area is 200 Å².